The Morgan fingerprint density at radius 3 is 2.35 bits per heavy atom. The number of aliphatic hydroxyl groups is 1. The van der Waals surface area contributed by atoms with Gasteiger partial charge in [-0.3, -0.25) is 0 Å². The van der Waals surface area contributed by atoms with Crippen LogP contribution in [-0.4, -0.2) is 17.8 Å². The second kappa shape index (κ2) is 6.81. The van der Waals surface area contributed by atoms with Gasteiger partial charge in [-0.2, -0.15) is 0 Å². The summed E-state index contributed by atoms with van der Waals surface area (Å²) in [7, 11) is 0. The zero-order chi connectivity index (χ0) is 13.0. The van der Waals surface area contributed by atoms with Crippen LogP contribution in [0.15, 0.2) is 12.1 Å². The minimum atomic E-state index is -0.383. The largest absolute Gasteiger partial charge is 0.392 e. The van der Waals surface area contributed by atoms with E-state index >= 15 is 0 Å². The summed E-state index contributed by atoms with van der Waals surface area (Å²) in [5, 5.41) is 14.3. The molecule has 1 unspecified atom stereocenters. The maximum absolute atomic E-state index is 9.64. The minimum Gasteiger partial charge on any atom is -0.392 e. The Hall–Kier alpha value is 0.01000. The molecule has 0 aliphatic carbocycles. The van der Waals surface area contributed by atoms with Gasteiger partial charge < -0.3 is 10.4 Å². The average Bonchev–Trinajstić information content (AvgIpc) is 2.28. The molecule has 1 aromatic rings. The molecule has 0 radical (unpaired) electrons. The highest BCUT2D eigenvalue weighted by molar-refractivity contribution is 6.44. The van der Waals surface area contributed by atoms with Crippen molar-refractivity contribution in [2.24, 2.45) is 5.92 Å². The van der Waals surface area contributed by atoms with Gasteiger partial charge in [-0.05, 0) is 18.1 Å². The van der Waals surface area contributed by atoms with Crippen LogP contribution in [0.3, 0.4) is 0 Å². The summed E-state index contributed by atoms with van der Waals surface area (Å²) in [6, 6.07) is 3.38. The fourth-order valence-corrected chi connectivity index (χ4v) is 1.99. The molecule has 1 aromatic carbocycles. The standard InChI is InChI=1S/C12H16Cl3NO/c1-7(2)11(17)6-16-5-8-9(13)3-4-10(14)12(8)15/h3-4,7,11,16-17H,5-6H2,1-2H3. The molecular formula is C12H16Cl3NO. The second-order valence-corrected chi connectivity index (χ2v) is 5.46. The molecule has 0 bridgehead atoms. The van der Waals surface area contributed by atoms with Crippen LogP contribution in [0.4, 0.5) is 0 Å². The third kappa shape index (κ3) is 4.31. The molecule has 2 N–H and O–H groups in total. The maximum atomic E-state index is 9.64. The number of hydrogen-bond acceptors (Lipinski definition) is 2. The summed E-state index contributed by atoms with van der Waals surface area (Å²) in [6.45, 7) is 4.91. The number of aliphatic hydroxyl groups excluding tert-OH is 1. The van der Waals surface area contributed by atoms with Crippen LogP contribution in [0.5, 0.6) is 0 Å². The molecule has 0 saturated carbocycles. The average molecular weight is 297 g/mol. The highest BCUT2D eigenvalue weighted by Crippen LogP contribution is 2.31. The number of benzene rings is 1. The predicted molar refractivity (Wildman–Crippen MR) is 74.0 cm³/mol. The van der Waals surface area contributed by atoms with Crippen LogP contribution < -0.4 is 5.32 Å². The van der Waals surface area contributed by atoms with Gasteiger partial charge in [0.15, 0.2) is 0 Å². The first-order valence-electron chi connectivity index (χ1n) is 5.44. The van der Waals surface area contributed by atoms with E-state index in [1.807, 2.05) is 13.8 Å². The quantitative estimate of drug-likeness (QED) is 0.811. The van der Waals surface area contributed by atoms with Gasteiger partial charge in [0.1, 0.15) is 0 Å². The van der Waals surface area contributed by atoms with Crippen molar-refractivity contribution in [2.75, 3.05) is 6.54 Å². The third-order valence-electron chi connectivity index (χ3n) is 2.56. The topological polar surface area (TPSA) is 32.3 Å². The molecule has 0 heterocycles. The first-order chi connectivity index (χ1) is 7.93. The van der Waals surface area contributed by atoms with E-state index in [4.69, 9.17) is 34.8 Å². The van der Waals surface area contributed by atoms with Crippen LogP contribution in [0.1, 0.15) is 19.4 Å². The molecule has 17 heavy (non-hydrogen) atoms. The lowest BCUT2D eigenvalue weighted by Gasteiger charge is -2.16. The molecule has 2 nitrogen and oxygen atoms in total. The van der Waals surface area contributed by atoms with Crippen LogP contribution >= 0.6 is 34.8 Å². The molecule has 5 heteroatoms. The molecule has 1 rings (SSSR count). The van der Waals surface area contributed by atoms with Gasteiger partial charge in [0.05, 0.1) is 16.1 Å². The maximum Gasteiger partial charge on any atom is 0.0687 e. The van der Waals surface area contributed by atoms with Gasteiger partial charge >= 0.3 is 0 Å². The smallest absolute Gasteiger partial charge is 0.0687 e. The van der Waals surface area contributed by atoms with Crippen molar-refractivity contribution in [3.63, 3.8) is 0 Å². The lowest BCUT2D eigenvalue weighted by atomic mass is 10.1. The van der Waals surface area contributed by atoms with Gasteiger partial charge in [0.2, 0.25) is 0 Å². The van der Waals surface area contributed by atoms with E-state index in [1.165, 1.54) is 0 Å². The van der Waals surface area contributed by atoms with Crippen LogP contribution in [-0.2, 0) is 6.54 Å². The van der Waals surface area contributed by atoms with Crippen molar-refractivity contribution in [1.29, 1.82) is 0 Å². The Labute approximate surface area is 117 Å². The monoisotopic (exact) mass is 295 g/mol. The lowest BCUT2D eigenvalue weighted by molar-refractivity contribution is 0.123. The molecule has 0 fully saturated rings. The van der Waals surface area contributed by atoms with Crippen molar-refractivity contribution < 1.29 is 5.11 Å². The van der Waals surface area contributed by atoms with Crippen molar-refractivity contribution in [2.45, 2.75) is 26.5 Å². The summed E-state index contributed by atoms with van der Waals surface area (Å²) in [6.07, 6.45) is -0.383. The Balaban J connectivity index is 2.61. The van der Waals surface area contributed by atoms with Crippen molar-refractivity contribution >= 4 is 34.8 Å². The van der Waals surface area contributed by atoms with E-state index in [2.05, 4.69) is 5.32 Å². The van der Waals surface area contributed by atoms with Crippen LogP contribution in [0.2, 0.25) is 15.1 Å². The van der Waals surface area contributed by atoms with Gasteiger partial charge in [-0.25, -0.2) is 0 Å². The lowest BCUT2D eigenvalue weighted by Crippen LogP contribution is -2.30. The number of rotatable bonds is 5. The second-order valence-electron chi connectivity index (χ2n) is 4.26. The fraction of sp³-hybridized carbons (Fsp3) is 0.500. The zero-order valence-corrected chi connectivity index (χ0v) is 12.1. The SMILES string of the molecule is CC(C)C(O)CNCc1c(Cl)ccc(Cl)c1Cl. The number of hydrogen-bond donors (Lipinski definition) is 2. The molecule has 0 aliphatic rings. The molecule has 96 valence electrons. The summed E-state index contributed by atoms with van der Waals surface area (Å²) in [4.78, 5) is 0. The highest BCUT2D eigenvalue weighted by Gasteiger charge is 2.11. The van der Waals surface area contributed by atoms with E-state index in [1.54, 1.807) is 12.1 Å². The predicted octanol–water partition coefficient (Wildman–Crippen LogP) is 3.75. The Bertz CT molecular complexity index is 382. The summed E-state index contributed by atoms with van der Waals surface area (Å²) >= 11 is 18.0. The summed E-state index contributed by atoms with van der Waals surface area (Å²) < 4.78 is 0. The first-order valence-corrected chi connectivity index (χ1v) is 6.58. The molecule has 0 amide bonds. The molecule has 0 aromatic heterocycles. The van der Waals surface area contributed by atoms with E-state index in [-0.39, 0.29) is 12.0 Å². The Morgan fingerprint density at radius 1 is 1.18 bits per heavy atom. The number of nitrogens with one attached hydrogen (secondary N) is 1. The molecule has 0 aliphatic heterocycles. The van der Waals surface area contributed by atoms with Gasteiger partial charge in [0.25, 0.3) is 0 Å². The van der Waals surface area contributed by atoms with Crippen LogP contribution in [0.25, 0.3) is 0 Å². The van der Waals surface area contributed by atoms with E-state index in [9.17, 15) is 5.11 Å². The van der Waals surface area contributed by atoms with Crippen molar-refractivity contribution in [3.05, 3.63) is 32.8 Å². The van der Waals surface area contributed by atoms with Gasteiger partial charge in [0, 0.05) is 23.7 Å². The summed E-state index contributed by atoms with van der Waals surface area (Å²) in [5.74, 6) is 0.216. The Kier molecular flexibility index (Phi) is 6.04. The molecular weight excluding hydrogens is 280 g/mol. The Morgan fingerprint density at radius 2 is 1.76 bits per heavy atom. The molecule has 1 atom stereocenters. The minimum absolute atomic E-state index is 0.216. The summed E-state index contributed by atoms with van der Waals surface area (Å²) in [5.41, 5.74) is 0.761. The molecule has 0 spiro atoms. The van der Waals surface area contributed by atoms with Crippen molar-refractivity contribution in [1.82, 2.24) is 5.32 Å². The highest BCUT2D eigenvalue weighted by atomic mass is 35.5. The third-order valence-corrected chi connectivity index (χ3v) is 3.76. The van der Waals surface area contributed by atoms with Gasteiger partial charge in [-0.15, -0.1) is 0 Å². The van der Waals surface area contributed by atoms with E-state index in [0.717, 1.165) is 5.56 Å². The zero-order valence-electron chi connectivity index (χ0n) is 9.80. The number of halogens is 3. The first kappa shape index (κ1) is 15.1. The van der Waals surface area contributed by atoms with E-state index in [0.29, 0.717) is 28.2 Å². The van der Waals surface area contributed by atoms with Crippen molar-refractivity contribution in [3.8, 4) is 0 Å². The molecule has 0 saturated heterocycles. The van der Waals surface area contributed by atoms with Crippen LogP contribution in [0, 0.1) is 5.92 Å². The van der Waals surface area contributed by atoms with Gasteiger partial charge in [-0.1, -0.05) is 48.7 Å². The van der Waals surface area contributed by atoms with E-state index < -0.39 is 0 Å². The normalized spacial score (nSPS) is 13.1. The fourth-order valence-electron chi connectivity index (χ4n) is 1.31.